The maximum atomic E-state index is 12.3. The topological polar surface area (TPSA) is 48.0 Å². The largest absolute Gasteiger partial charge is 0.446 e. The summed E-state index contributed by atoms with van der Waals surface area (Å²) in [6, 6.07) is 3.44. The Morgan fingerprint density at radius 3 is 2.65 bits per heavy atom. The molecule has 2 aromatic rings. The number of furan rings is 1. The first kappa shape index (κ1) is 12.6. The third-order valence-corrected chi connectivity index (χ3v) is 3.26. The van der Waals surface area contributed by atoms with Crippen molar-refractivity contribution in [3.8, 4) is 0 Å². The van der Waals surface area contributed by atoms with Gasteiger partial charge in [-0.05, 0) is 57.8 Å². The van der Waals surface area contributed by atoms with E-state index in [4.69, 9.17) is 4.42 Å². The van der Waals surface area contributed by atoms with Crippen LogP contribution in [0.3, 0.4) is 0 Å². The minimum absolute atomic E-state index is 0.110. The molecule has 0 aliphatic rings. The van der Waals surface area contributed by atoms with E-state index in [1.54, 1.807) is 23.0 Å². The Labute approximate surface area is 115 Å². The van der Waals surface area contributed by atoms with Gasteiger partial charge >= 0.3 is 0 Å². The normalized spacial score (nSPS) is 11.1. The summed E-state index contributed by atoms with van der Waals surface area (Å²) < 4.78 is 8.14. The van der Waals surface area contributed by atoms with Crippen molar-refractivity contribution >= 4 is 37.6 Å². The van der Waals surface area contributed by atoms with Gasteiger partial charge in [0.05, 0.1) is 10.7 Å². The summed E-state index contributed by atoms with van der Waals surface area (Å²) in [4.78, 5) is 12.3. The van der Waals surface area contributed by atoms with E-state index in [2.05, 4.69) is 37.0 Å². The highest BCUT2D eigenvalue weighted by atomic mass is 79.9. The standard InChI is InChI=1S/C11H10Br2N2O2/c1-6(2)15-10(7(12)5-14-15)11(16)8-3-4-9(13)17-8/h3-6H,1-2H3. The van der Waals surface area contributed by atoms with E-state index in [1.165, 1.54) is 0 Å². The van der Waals surface area contributed by atoms with Gasteiger partial charge in [0.15, 0.2) is 10.4 Å². The van der Waals surface area contributed by atoms with Crippen LogP contribution in [0.2, 0.25) is 0 Å². The van der Waals surface area contributed by atoms with Gasteiger partial charge in [-0.1, -0.05) is 0 Å². The summed E-state index contributed by atoms with van der Waals surface area (Å²) in [5.41, 5.74) is 0.502. The zero-order valence-electron chi connectivity index (χ0n) is 9.28. The molecule has 0 unspecified atom stereocenters. The van der Waals surface area contributed by atoms with Gasteiger partial charge in [0.2, 0.25) is 5.78 Å². The second kappa shape index (κ2) is 4.78. The van der Waals surface area contributed by atoms with Crippen LogP contribution in [0.4, 0.5) is 0 Å². The Morgan fingerprint density at radius 2 is 2.12 bits per heavy atom. The first-order valence-electron chi connectivity index (χ1n) is 5.03. The number of aromatic nitrogens is 2. The second-order valence-electron chi connectivity index (χ2n) is 3.81. The molecule has 0 amide bonds. The molecule has 2 heterocycles. The number of rotatable bonds is 3. The highest BCUT2D eigenvalue weighted by molar-refractivity contribution is 9.10. The Hall–Kier alpha value is -0.880. The number of hydrogen-bond donors (Lipinski definition) is 0. The Morgan fingerprint density at radius 1 is 1.41 bits per heavy atom. The molecule has 4 nitrogen and oxygen atoms in total. The molecule has 0 aliphatic carbocycles. The summed E-state index contributed by atoms with van der Waals surface area (Å²) >= 11 is 6.51. The zero-order valence-corrected chi connectivity index (χ0v) is 12.4. The van der Waals surface area contributed by atoms with Crippen LogP contribution in [-0.4, -0.2) is 15.6 Å². The lowest BCUT2D eigenvalue weighted by Gasteiger charge is -2.09. The van der Waals surface area contributed by atoms with Crippen molar-refractivity contribution in [2.45, 2.75) is 19.9 Å². The summed E-state index contributed by atoms with van der Waals surface area (Å²) in [5.74, 6) is 0.105. The van der Waals surface area contributed by atoms with Crippen molar-refractivity contribution in [1.29, 1.82) is 0 Å². The number of halogens is 2. The van der Waals surface area contributed by atoms with Crippen LogP contribution in [0.1, 0.15) is 36.1 Å². The van der Waals surface area contributed by atoms with Crippen LogP contribution >= 0.6 is 31.9 Å². The van der Waals surface area contributed by atoms with Crippen molar-refractivity contribution in [1.82, 2.24) is 9.78 Å². The lowest BCUT2D eigenvalue weighted by molar-refractivity contribution is 0.0995. The van der Waals surface area contributed by atoms with E-state index in [-0.39, 0.29) is 11.8 Å². The van der Waals surface area contributed by atoms with Gasteiger partial charge in [0.1, 0.15) is 5.69 Å². The molecule has 17 heavy (non-hydrogen) atoms. The predicted octanol–water partition coefficient (Wildman–Crippen LogP) is 3.81. The lowest BCUT2D eigenvalue weighted by atomic mass is 10.2. The molecule has 0 aromatic carbocycles. The smallest absolute Gasteiger partial charge is 0.247 e. The molecule has 0 spiro atoms. The average molecular weight is 362 g/mol. The first-order valence-corrected chi connectivity index (χ1v) is 6.62. The number of carbonyl (C=O) groups is 1. The molecule has 90 valence electrons. The van der Waals surface area contributed by atoms with Crippen LogP contribution in [0.15, 0.2) is 31.9 Å². The van der Waals surface area contributed by atoms with Crippen LogP contribution in [0.25, 0.3) is 0 Å². The SMILES string of the molecule is CC(C)n1ncc(Br)c1C(=O)c1ccc(Br)o1. The van der Waals surface area contributed by atoms with Crippen LogP contribution < -0.4 is 0 Å². The lowest BCUT2D eigenvalue weighted by Crippen LogP contribution is -2.13. The maximum absolute atomic E-state index is 12.3. The maximum Gasteiger partial charge on any atom is 0.247 e. The molecule has 0 atom stereocenters. The van der Waals surface area contributed by atoms with Crippen molar-refractivity contribution in [2.75, 3.05) is 0 Å². The van der Waals surface area contributed by atoms with Gasteiger partial charge in [0.25, 0.3) is 0 Å². The summed E-state index contributed by atoms with van der Waals surface area (Å²) in [7, 11) is 0. The fraction of sp³-hybridized carbons (Fsp3) is 0.273. The fourth-order valence-corrected chi connectivity index (χ4v) is 2.26. The van der Waals surface area contributed by atoms with Crippen LogP contribution in [0.5, 0.6) is 0 Å². The van der Waals surface area contributed by atoms with E-state index in [0.29, 0.717) is 20.6 Å². The molecule has 0 aliphatic heterocycles. The fourth-order valence-electron chi connectivity index (χ4n) is 1.50. The molecule has 0 saturated heterocycles. The van der Waals surface area contributed by atoms with Crippen molar-refractivity contribution < 1.29 is 9.21 Å². The van der Waals surface area contributed by atoms with Gasteiger partial charge in [0, 0.05) is 6.04 Å². The van der Waals surface area contributed by atoms with Gasteiger partial charge in [-0.15, -0.1) is 0 Å². The molecule has 6 heteroatoms. The predicted molar refractivity (Wildman–Crippen MR) is 70.2 cm³/mol. The Balaban J connectivity index is 2.47. The molecule has 2 aromatic heterocycles. The van der Waals surface area contributed by atoms with E-state index < -0.39 is 0 Å². The Kier molecular flexibility index (Phi) is 3.53. The quantitative estimate of drug-likeness (QED) is 0.781. The molecule has 0 saturated carbocycles. The van der Waals surface area contributed by atoms with Crippen molar-refractivity contribution in [3.63, 3.8) is 0 Å². The van der Waals surface area contributed by atoms with Gasteiger partial charge in [-0.25, -0.2) is 0 Å². The summed E-state index contributed by atoms with van der Waals surface area (Å²) in [6.45, 7) is 3.93. The highest BCUT2D eigenvalue weighted by Gasteiger charge is 2.22. The summed E-state index contributed by atoms with van der Waals surface area (Å²) in [5, 5.41) is 4.16. The number of carbonyl (C=O) groups excluding carboxylic acids is 1. The molecular formula is C11H10Br2N2O2. The minimum atomic E-state index is -0.186. The first-order chi connectivity index (χ1) is 8.00. The molecule has 2 rings (SSSR count). The van der Waals surface area contributed by atoms with E-state index >= 15 is 0 Å². The zero-order chi connectivity index (χ0) is 12.6. The number of hydrogen-bond acceptors (Lipinski definition) is 3. The van der Waals surface area contributed by atoms with Gasteiger partial charge in [-0.3, -0.25) is 9.48 Å². The summed E-state index contributed by atoms with van der Waals surface area (Å²) in [6.07, 6.45) is 1.62. The molecule has 0 radical (unpaired) electrons. The highest BCUT2D eigenvalue weighted by Crippen LogP contribution is 2.24. The van der Waals surface area contributed by atoms with Gasteiger partial charge in [-0.2, -0.15) is 5.10 Å². The van der Waals surface area contributed by atoms with Gasteiger partial charge < -0.3 is 4.42 Å². The van der Waals surface area contributed by atoms with E-state index in [9.17, 15) is 4.79 Å². The van der Waals surface area contributed by atoms with E-state index in [0.717, 1.165) is 0 Å². The monoisotopic (exact) mass is 360 g/mol. The number of ketones is 1. The molecule has 0 N–H and O–H groups in total. The average Bonchev–Trinajstić information content (AvgIpc) is 2.83. The van der Waals surface area contributed by atoms with E-state index in [1.807, 2.05) is 13.8 Å². The Bertz CT molecular complexity index is 558. The third-order valence-electron chi connectivity index (χ3n) is 2.25. The van der Waals surface area contributed by atoms with Crippen LogP contribution in [-0.2, 0) is 0 Å². The minimum Gasteiger partial charge on any atom is -0.446 e. The second-order valence-corrected chi connectivity index (χ2v) is 5.45. The number of nitrogens with zero attached hydrogens (tertiary/aromatic N) is 2. The molecular weight excluding hydrogens is 352 g/mol. The molecule has 0 fully saturated rings. The van der Waals surface area contributed by atoms with Crippen molar-refractivity contribution in [2.24, 2.45) is 0 Å². The van der Waals surface area contributed by atoms with Crippen LogP contribution in [0, 0.1) is 0 Å². The molecule has 0 bridgehead atoms. The third kappa shape index (κ3) is 2.37. The van der Waals surface area contributed by atoms with Crippen molar-refractivity contribution in [3.05, 3.63) is 38.9 Å².